The van der Waals surface area contributed by atoms with Gasteiger partial charge in [-0.3, -0.25) is 4.79 Å². The van der Waals surface area contributed by atoms with E-state index in [1.165, 1.54) is 0 Å². The summed E-state index contributed by atoms with van der Waals surface area (Å²) in [6.45, 7) is 3.92. The lowest BCUT2D eigenvalue weighted by atomic mass is 9.97. The number of hydrogen-bond acceptors (Lipinski definition) is 4. The first-order valence-corrected chi connectivity index (χ1v) is 7.39. The molecule has 0 radical (unpaired) electrons. The van der Waals surface area contributed by atoms with E-state index in [1.54, 1.807) is 7.11 Å². The third kappa shape index (κ3) is 5.16. The number of β-amino-alcohol motifs (C(OH)–C–C–N with tert-alkyl or cyclic N) is 1. The van der Waals surface area contributed by atoms with Gasteiger partial charge in [0.25, 0.3) is 0 Å². The molecule has 0 aliphatic carbocycles. The van der Waals surface area contributed by atoms with Crippen LogP contribution in [0.5, 0.6) is 5.75 Å². The quantitative estimate of drug-likeness (QED) is 0.736. The molecule has 6 heteroatoms. The molecule has 1 aliphatic heterocycles. The number of aliphatic hydroxyl groups excluding tert-OH is 1. The molecule has 1 fully saturated rings. The van der Waals surface area contributed by atoms with Crippen molar-refractivity contribution in [3.63, 3.8) is 0 Å². The summed E-state index contributed by atoms with van der Waals surface area (Å²) >= 11 is 0. The molecule has 3 unspecified atom stereocenters. The number of carbonyl (C=O) groups is 1. The standard InChI is InChI=1S/C16H24N2O3.ClH/c1-11(12-4-3-5-14(7-12)21-2)6-16(20)18-9-13-8-17-10-15(13)19;/h3-5,7,11,13,15,17,19H,6,8-10H2,1-2H3,(H,18,20);1H. The zero-order chi connectivity index (χ0) is 15.2. The van der Waals surface area contributed by atoms with Gasteiger partial charge in [-0.1, -0.05) is 19.1 Å². The summed E-state index contributed by atoms with van der Waals surface area (Å²) in [6.07, 6.45) is 0.0739. The van der Waals surface area contributed by atoms with Gasteiger partial charge in [-0.05, 0) is 23.6 Å². The lowest BCUT2D eigenvalue weighted by Crippen LogP contribution is -2.34. The van der Waals surface area contributed by atoms with Gasteiger partial charge in [-0.2, -0.15) is 0 Å². The van der Waals surface area contributed by atoms with Crippen molar-refractivity contribution in [3.8, 4) is 5.75 Å². The fraction of sp³-hybridized carbons (Fsp3) is 0.562. The molecule has 3 atom stereocenters. The van der Waals surface area contributed by atoms with Crippen LogP contribution < -0.4 is 15.4 Å². The second-order valence-corrected chi connectivity index (χ2v) is 5.67. The van der Waals surface area contributed by atoms with Crippen LogP contribution in [-0.4, -0.2) is 43.9 Å². The first-order valence-electron chi connectivity index (χ1n) is 7.39. The van der Waals surface area contributed by atoms with Gasteiger partial charge in [-0.15, -0.1) is 12.4 Å². The molecule has 1 aliphatic rings. The maximum absolute atomic E-state index is 12.0. The highest BCUT2D eigenvalue weighted by Crippen LogP contribution is 2.23. The van der Waals surface area contributed by atoms with Crippen LogP contribution in [0.4, 0.5) is 0 Å². The molecule has 5 nitrogen and oxygen atoms in total. The van der Waals surface area contributed by atoms with E-state index in [4.69, 9.17) is 4.74 Å². The molecule has 0 spiro atoms. The van der Waals surface area contributed by atoms with Crippen molar-refractivity contribution >= 4 is 18.3 Å². The fourth-order valence-electron chi connectivity index (χ4n) is 2.59. The number of ether oxygens (including phenoxy) is 1. The second-order valence-electron chi connectivity index (χ2n) is 5.67. The summed E-state index contributed by atoms with van der Waals surface area (Å²) in [5, 5.41) is 15.7. The Labute approximate surface area is 137 Å². The highest BCUT2D eigenvalue weighted by atomic mass is 35.5. The zero-order valence-electron chi connectivity index (χ0n) is 13.0. The zero-order valence-corrected chi connectivity index (χ0v) is 13.9. The largest absolute Gasteiger partial charge is 0.497 e. The maximum atomic E-state index is 12.0. The van der Waals surface area contributed by atoms with Crippen LogP contribution in [0.1, 0.15) is 24.8 Å². The molecule has 1 saturated heterocycles. The molecular weight excluding hydrogens is 304 g/mol. The predicted molar refractivity (Wildman–Crippen MR) is 88.7 cm³/mol. The summed E-state index contributed by atoms with van der Waals surface area (Å²) in [5.41, 5.74) is 1.09. The highest BCUT2D eigenvalue weighted by Gasteiger charge is 2.25. The van der Waals surface area contributed by atoms with Crippen LogP contribution in [0, 0.1) is 5.92 Å². The van der Waals surface area contributed by atoms with Crippen molar-refractivity contribution < 1.29 is 14.6 Å². The van der Waals surface area contributed by atoms with Crippen molar-refractivity contribution in [2.75, 3.05) is 26.7 Å². The van der Waals surface area contributed by atoms with E-state index in [1.807, 2.05) is 31.2 Å². The van der Waals surface area contributed by atoms with Crippen molar-refractivity contribution in [2.24, 2.45) is 5.92 Å². The average molecular weight is 329 g/mol. The molecule has 1 amide bonds. The minimum Gasteiger partial charge on any atom is -0.497 e. The summed E-state index contributed by atoms with van der Waals surface area (Å²) in [5.74, 6) is 1.07. The molecular formula is C16H25ClN2O3. The lowest BCUT2D eigenvalue weighted by Gasteiger charge is -2.16. The summed E-state index contributed by atoms with van der Waals surface area (Å²) in [7, 11) is 1.64. The van der Waals surface area contributed by atoms with Crippen LogP contribution in [-0.2, 0) is 4.79 Å². The van der Waals surface area contributed by atoms with Gasteiger partial charge in [0.15, 0.2) is 0 Å². The van der Waals surface area contributed by atoms with E-state index >= 15 is 0 Å². The molecule has 1 heterocycles. The Hall–Kier alpha value is -1.30. The Balaban J connectivity index is 0.00000242. The van der Waals surface area contributed by atoms with Crippen LogP contribution in [0.15, 0.2) is 24.3 Å². The van der Waals surface area contributed by atoms with Gasteiger partial charge < -0.3 is 20.5 Å². The maximum Gasteiger partial charge on any atom is 0.220 e. The number of carbonyl (C=O) groups excluding carboxylic acids is 1. The van der Waals surface area contributed by atoms with E-state index < -0.39 is 0 Å². The van der Waals surface area contributed by atoms with Crippen molar-refractivity contribution in [3.05, 3.63) is 29.8 Å². The number of halogens is 1. The summed E-state index contributed by atoms with van der Waals surface area (Å²) in [4.78, 5) is 12.0. The topological polar surface area (TPSA) is 70.6 Å². The molecule has 1 aromatic carbocycles. The molecule has 124 valence electrons. The molecule has 0 bridgehead atoms. The van der Waals surface area contributed by atoms with Crippen molar-refractivity contribution in [2.45, 2.75) is 25.4 Å². The van der Waals surface area contributed by atoms with Gasteiger partial charge >= 0.3 is 0 Å². The molecule has 3 N–H and O–H groups in total. The Morgan fingerprint density at radius 2 is 2.27 bits per heavy atom. The second kappa shape index (κ2) is 8.98. The van der Waals surface area contributed by atoms with E-state index in [0.717, 1.165) is 17.9 Å². The number of amides is 1. The highest BCUT2D eigenvalue weighted by molar-refractivity contribution is 5.85. The first kappa shape index (κ1) is 18.7. The lowest BCUT2D eigenvalue weighted by molar-refractivity contribution is -0.121. The summed E-state index contributed by atoms with van der Waals surface area (Å²) in [6, 6.07) is 7.79. The van der Waals surface area contributed by atoms with Crippen molar-refractivity contribution in [1.82, 2.24) is 10.6 Å². The molecule has 1 aromatic rings. The number of methoxy groups -OCH3 is 1. The van der Waals surface area contributed by atoms with Gasteiger partial charge in [0.2, 0.25) is 5.91 Å². The van der Waals surface area contributed by atoms with Gasteiger partial charge in [-0.25, -0.2) is 0 Å². The smallest absolute Gasteiger partial charge is 0.220 e. The average Bonchev–Trinajstić information content (AvgIpc) is 2.90. The first-order chi connectivity index (χ1) is 10.1. The van der Waals surface area contributed by atoms with E-state index in [9.17, 15) is 9.90 Å². The molecule has 22 heavy (non-hydrogen) atoms. The third-order valence-corrected chi connectivity index (χ3v) is 4.02. The van der Waals surface area contributed by atoms with Crippen LogP contribution >= 0.6 is 12.4 Å². The summed E-state index contributed by atoms with van der Waals surface area (Å²) < 4.78 is 5.20. The number of aliphatic hydroxyl groups is 1. The Morgan fingerprint density at radius 3 is 2.91 bits per heavy atom. The monoisotopic (exact) mass is 328 g/mol. The van der Waals surface area contributed by atoms with E-state index in [-0.39, 0.29) is 36.3 Å². The van der Waals surface area contributed by atoms with Crippen LogP contribution in [0.2, 0.25) is 0 Å². The molecule has 0 aromatic heterocycles. The third-order valence-electron chi connectivity index (χ3n) is 4.02. The Bertz CT molecular complexity index is 484. The van der Waals surface area contributed by atoms with Gasteiger partial charge in [0.1, 0.15) is 5.75 Å². The number of rotatable bonds is 6. The van der Waals surface area contributed by atoms with E-state index in [0.29, 0.717) is 19.5 Å². The number of benzene rings is 1. The SMILES string of the molecule is COc1cccc(C(C)CC(=O)NCC2CNCC2O)c1.Cl. The van der Waals surface area contributed by atoms with Crippen LogP contribution in [0.3, 0.4) is 0 Å². The number of hydrogen-bond donors (Lipinski definition) is 3. The molecule has 0 saturated carbocycles. The Morgan fingerprint density at radius 1 is 1.50 bits per heavy atom. The minimum atomic E-state index is -0.360. The van der Waals surface area contributed by atoms with Crippen molar-refractivity contribution in [1.29, 1.82) is 0 Å². The fourth-order valence-corrected chi connectivity index (χ4v) is 2.59. The molecule has 2 rings (SSSR count). The van der Waals surface area contributed by atoms with Gasteiger partial charge in [0.05, 0.1) is 13.2 Å². The minimum absolute atomic E-state index is 0. The normalized spacial score (nSPS) is 21.8. The van der Waals surface area contributed by atoms with E-state index in [2.05, 4.69) is 10.6 Å². The van der Waals surface area contributed by atoms with Gasteiger partial charge in [0, 0.05) is 32.0 Å². The van der Waals surface area contributed by atoms with Crippen LogP contribution in [0.25, 0.3) is 0 Å². The Kier molecular flexibility index (Phi) is 7.65. The number of nitrogens with one attached hydrogen (secondary N) is 2. The predicted octanol–water partition coefficient (Wildman–Crippen LogP) is 1.31.